The third-order valence-electron chi connectivity index (χ3n) is 4.68. The lowest BCUT2D eigenvalue weighted by Gasteiger charge is -2.22. The standard InChI is InChI=1S/C21H23N3O4S/c1-21(15-8-10-16(28-2)11-9-15)19(26)24(20(27)23-21)14-18(25)22-12-13-29-17-6-4-3-5-7-17/h3-11H,12-14H2,1-2H3,(H,22,25)(H,23,27)/t21-/m1/s1. The number of amides is 4. The molecule has 0 aromatic heterocycles. The SMILES string of the molecule is COc1ccc([C@@]2(C)NC(=O)N(CC(=O)NCCSc3ccccc3)C2=O)cc1. The summed E-state index contributed by atoms with van der Waals surface area (Å²) in [6, 6.07) is 16.2. The van der Waals surface area contributed by atoms with Crippen LogP contribution in [0.4, 0.5) is 4.79 Å². The van der Waals surface area contributed by atoms with E-state index < -0.39 is 17.5 Å². The van der Waals surface area contributed by atoms with Crippen molar-refractivity contribution in [2.45, 2.75) is 17.4 Å². The molecule has 0 saturated carbocycles. The third kappa shape index (κ3) is 4.71. The monoisotopic (exact) mass is 413 g/mol. The second kappa shape index (κ2) is 9.00. The number of nitrogens with zero attached hydrogens (tertiary/aromatic N) is 1. The van der Waals surface area contributed by atoms with Crippen LogP contribution >= 0.6 is 11.8 Å². The summed E-state index contributed by atoms with van der Waals surface area (Å²) in [5, 5.41) is 5.44. The summed E-state index contributed by atoms with van der Waals surface area (Å²) < 4.78 is 5.12. The van der Waals surface area contributed by atoms with Crippen molar-refractivity contribution in [1.82, 2.24) is 15.5 Å². The highest BCUT2D eigenvalue weighted by molar-refractivity contribution is 7.99. The second-order valence-corrected chi connectivity index (χ2v) is 7.85. The van der Waals surface area contributed by atoms with Gasteiger partial charge in [0.05, 0.1) is 7.11 Å². The van der Waals surface area contributed by atoms with Crippen molar-refractivity contribution in [3.63, 3.8) is 0 Å². The Morgan fingerprint density at radius 2 is 1.83 bits per heavy atom. The first-order valence-corrected chi connectivity index (χ1v) is 10.2. The van der Waals surface area contributed by atoms with Crippen LogP contribution in [0.25, 0.3) is 0 Å². The van der Waals surface area contributed by atoms with Crippen LogP contribution in [0, 0.1) is 0 Å². The van der Waals surface area contributed by atoms with Gasteiger partial charge in [0.25, 0.3) is 5.91 Å². The van der Waals surface area contributed by atoms with E-state index in [1.54, 1.807) is 50.1 Å². The number of ether oxygens (including phenoxy) is 1. The predicted molar refractivity (Wildman–Crippen MR) is 111 cm³/mol. The van der Waals surface area contributed by atoms with Crippen LogP contribution in [0.15, 0.2) is 59.5 Å². The van der Waals surface area contributed by atoms with Crippen LogP contribution in [0.2, 0.25) is 0 Å². The molecule has 0 bridgehead atoms. The first-order valence-electron chi connectivity index (χ1n) is 9.17. The quantitative estimate of drug-likeness (QED) is 0.394. The lowest BCUT2D eigenvalue weighted by molar-refractivity contribution is -0.134. The van der Waals surface area contributed by atoms with E-state index in [1.165, 1.54) is 0 Å². The highest BCUT2D eigenvalue weighted by Gasteiger charge is 2.49. The van der Waals surface area contributed by atoms with E-state index >= 15 is 0 Å². The van der Waals surface area contributed by atoms with E-state index in [2.05, 4.69) is 10.6 Å². The van der Waals surface area contributed by atoms with Crippen LogP contribution in [0.5, 0.6) is 5.75 Å². The van der Waals surface area contributed by atoms with Gasteiger partial charge in [-0.25, -0.2) is 4.79 Å². The number of rotatable bonds is 8. The van der Waals surface area contributed by atoms with Crippen LogP contribution in [0.1, 0.15) is 12.5 Å². The Bertz CT molecular complexity index is 889. The molecule has 0 unspecified atom stereocenters. The first kappa shape index (κ1) is 20.7. The second-order valence-electron chi connectivity index (χ2n) is 6.69. The van der Waals surface area contributed by atoms with Crippen molar-refractivity contribution in [3.05, 3.63) is 60.2 Å². The number of imide groups is 1. The largest absolute Gasteiger partial charge is 0.497 e. The number of nitrogens with one attached hydrogen (secondary N) is 2. The lowest BCUT2D eigenvalue weighted by Crippen LogP contribution is -2.43. The van der Waals surface area contributed by atoms with Crippen molar-refractivity contribution in [2.75, 3.05) is 26.0 Å². The highest BCUT2D eigenvalue weighted by atomic mass is 32.2. The van der Waals surface area contributed by atoms with E-state index in [-0.39, 0.29) is 12.5 Å². The van der Waals surface area contributed by atoms with E-state index in [1.807, 2.05) is 30.3 Å². The van der Waals surface area contributed by atoms with E-state index in [0.29, 0.717) is 23.6 Å². The minimum absolute atomic E-state index is 0.313. The molecular formula is C21H23N3O4S. The molecule has 1 aliphatic heterocycles. The predicted octanol–water partition coefficient (Wildman–Crippen LogP) is 2.37. The van der Waals surface area contributed by atoms with Crippen molar-refractivity contribution in [3.8, 4) is 5.75 Å². The minimum Gasteiger partial charge on any atom is -0.497 e. The molecule has 1 atom stereocenters. The Morgan fingerprint density at radius 3 is 2.48 bits per heavy atom. The van der Waals surface area contributed by atoms with Crippen LogP contribution in [-0.2, 0) is 15.1 Å². The average Bonchev–Trinajstić information content (AvgIpc) is 2.96. The van der Waals surface area contributed by atoms with Gasteiger partial charge in [-0.2, -0.15) is 0 Å². The molecule has 2 aromatic carbocycles. The van der Waals surface area contributed by atoms with Gasteiger partial charge in [-0.1, -0.05) is 30.3 Å². The Morgan fingerprint density at radius 1 is 1.14 bits per heavy atom. The topological polar surface area (TPSA) is 87.7 Å². The molecule has 152 valence electrons. The molecule has 2 N–H and O–H groups in total. The van der Waals surface area contributed by atoms with Gasteiger partial charge in [0.1, 0.15) is 17.8 Å². The van der Waals surface area contributed by atoms with Crippen molar-refractivity contribution in [1.29, 1.82) is 0 Å². The van der Waals surface area contributed by atoms with Gasteiger partial charge >= 0.3 is 6.03 Å². The zero-order valence-corrected chi connectivity index (χ0v) is 17.1. The molecule has 1 heterocycles. The number of carbonyl (C=O) groups is 3. The molecule has 1 aliphatic rings. The molecule has 1 fully saturated rings. The smallest absolute Gasteiger partial charge is 0.325 e. The molecule has 1 saturated heterocycles. The molecule has 29 heavy (non-hydrogen) atoms. The van der Waals surface area contributed by atoms with Crippen LogP contribution in [-0.4, -0.2) is 48.7 Å². The average molecular weight is 413 g/mol. The van der Waals surface area contributed by atoms with E-state index in [4.69, 9.17) is 4.74 Å². The van der Waals surface area contributed by atoms with Crippen molar-refractivity contribution < 1.29 is 19.1 Å². The van der Waals surface area contributed by atoms with Gasteiger partial charge in [-0.3, -0.25) is 14.5 Å². The third-order valence-corrected chi connectivity index (χ3v) is 5.69. The van der Waals surface area contributed by atoms with Crippen molar-refractivity contribution in [2.24, 2.45) is 0 Å². The van der Waals surface area contributed by atoms with Crippen LogP contribution in [0.3, 0.4) is 0 Å². The molecule has 7 nitrogen and oxygen atoms in total. The number of urea groups is 1. The first-order chi connectivity index (χ1) is 13.9. The molecule has 8 heteroatoms. The van der Waals surface area contributed by atoms with Gasteiger partial charge < -0.3 is 15.4 Å². The van der Waals surface area contributed by atoms with Crippen molar-refractivity contribution >= 4 is 29.6 Å². The Labute approximate surface area is 173 Å². The molecular weight excluding hydrogens is 390 g/mol. The summed E-state index contributed by atoms with van der Waals surface area (Å²) in [6.07, 6.45) is 0. The maximum absolute atomic E-state index is 12.9. The van der Waals surface area contributed by atoms with Gasteiger partial charge in [0, 0.05) is 17.2 Å². The normalized spacial score (nSPS) is 18.5. The van der Waals surface area contributed by atoms with Gasteiger partial charge in [-0.15, -0.1) is 11.8 Å². The highest BCUT2D eigenvalue weighted by Crippen LogP contribution is 2.29. The van der Waals surface area contributed by atoms with E-state index in [9.17, 15) is 14.4 Å². The van der Waals surface area contributed by atoms with Gasteiger partial charge in [0.2, 0.25) is 5.91 Å². The maximum atomic E-state index is 12.9. The molecule has 0 radical (unpaired) electrons. The maximum Gasteiger partial charge on any atom is 0.325 e. The number of hydrogen-bond donors (Lipinski definition) is 2. The Kier molecular flexibility index (Phi) is 6.43. The lowest BCUT2D eigenvalue weighted by atomic mass is 9.92. The molecule has 2 aromatic rings. The molecule has 4 amide bonds. The zero-order chi connectivity index (χ0) is 20.9. The zero-order valence-electron chi connectivity index (χ0n) is 16.3. The Hall–Kier alpha value is -3.00. The molecule has 3 rings (SSSR count). The number of hydrogen-bond acceptors (Lipinski definition) is 5. The number of methoxy groups -OCH3 is 1. The summed E-state index contributed by atoms with van der Waals surface area (Å²) in [4.78, 5) is 39.5. The Balaban J connectivity index is 1.54. The summed E-state index contributed by atoms with van der Waals surface area (Å²) in [6.45, 7) is 1.76. The summed E-state index contributed by atoms with van der Waals surface area (Å²) >= 11 is 1.62. The fraction of sp³-hybridized carbons (Fsp3) is 0.286. The van der Waals surface area contributed by atoms with Gasteiger partial charge in [0.15, 0.2) is 0 Å². The van der Waals surface area contributed by atoms with Gasteiger partial charge in [-0.05, 0) is 36.8 Å². The molecule has 0 aliphatic carbocycles. The fourth-order valence-corrected chi connectivity index (χ4v) is 3.83. The number of benzene rings is 2. The number of carbonyl (C=O) groups excluding carboxylic acids is 3. The number of thioether (sulfide) groups is 1. The van der Waals surface area contributed by atoms with Crippen LogP contribution < -0.4 is 15.4 Å². The molecule has 0 spiro atoms. The summed E-state index contributed by atoms with van der Waals surface area (Å²) in [5.41, 5.74) is -0.592. The van der Waals surface area contributed by atoms with E-state index in [0.717, 1.165) is 9.80 Å². The summed E-state index contributed by atoms with van der Waals surface area (Å²) in [5.74, 6) is 0.515. The minimum atomic E-state index is -1.22. The fourth-order valence-electron chi connectivity index (χ4n) is 3.04. The summed E-state index contributed by atoms with van der Waals surface area (Å²) in [7, 11) is 1.55.